The number of nitrogens with two attached hydrogens (primary N) is 1. The molecule has 0 unspecified atom stereocenters. The molecule has 0 spiro atoms. The minimum absolute atomic E-state index is 0.0112. The van der Waals surface area contributed by atoms with Crippen LogP contribution in [0, 0.1) is 0 Å². The van der Waals surface area contributed by atoms with Gasteiger partial charge in [0.1, 0.15) is 5.75 Å². The number of likely N-dealkylation sites (N-methyl/N-ethyl adjacent to an activating group) is 1. The topological polar surface area (TPSA) is 98.4 Å². The van der Waals surface area contributed by atoms with Crippen LogP contribution in [-0.2, 0) is 11.3 Å². The van der Waals surface area contributed by atoms with Gasteiger partial charge in [0.15, 0.2) is 24.1 Å². The molecule has 0 heterocycles. The summed E-state index contributed by atoms with van der Waals surface area (Å²) in [6.07, 6.45) is 0. The number of ether oxygens (including phenoxy) is 3. The lowest BCUT2D eigenvalue weighted by Crippen LogP contribution is -2.27. The summed E-state index contributed by atoms with van der Waals surface area (Å²) >= 11 is 0. The second kappa shape index (κ2) is 10.1. The number of nitrogens with one attached hydrogen (secondary N) is 1. The second-order valence-corrected chi connectivity index (χ2v) is 6.12. The van der Waals surface area contributed by atoms with Crippen LogP contribution in [0.25, 0.3) is 0 Å². The summed E-state index contributed by atoms with van der Waals surface area (Å²) in [5, 5.41) is 3.02. The molecule has 8 nitrogen and oxygen atoms in total. The van der Waals surface area contributed by atoms with Crippen LogP contribution < -0.4 is 25.3 Å². The molecule has 0 bridgehead atoms. The van der Waals surface area contributed by atoms with E-state index in [9.17, 15) is 4.79 Å². The highest BCUT2D eigenvalue weighted by Crippen LogP contribution is 2.29. The Morgan fingerprint density at radius 2 is 1.86 bits per heavy atom. The Balaban J connectivity index is 1.97. The van der Waals surface area contributed by atoms with E-state index in [4.69, 9.17) is 19.9 Å². The van der Waals surface area contributed by atoms with Crippen molar-refractivity contribution in [2.75, 3.05) is 40.2 Å². The molecule has 0 aliphatic carbocycles. The van der Waals surface area contributed by atoms with Gasteiger partial charge in [-0.2, -0.15) is 0 Å². The SMILES string of the molecule is COc1ccc(NC(N)=NCc2cccc(OCC(=O)N(C)C)c2)cc1OC. The number of benzene rings is 2. The fraction of sp³-hybridized carbons (Fsp3) is 0.300. The highest BCUT2D eigenvalue weighted by atomic mass is 16.5. The van der Waals surface area contributed by atoms with Crippen LogP contribution in [0.15, 0.2) is 47.5 Å². The fourth-order valence-corrected chi connectivity index (χ4v) is 2.29. The second-order valence-electron chi connectivity index (χ2n) is 6.12. The maximum Gasteiger partial charge on any atom is 0.259 e. The van der Waals surface area contributed by atoms with Gasteiger partial charge in [0.25, 0.3) is 5.91 Å². The largest absolute Gasteiger partial charge is 0.493 e. The molecule has 8 heteroatoms. The maximum absolute atomic E-state index is 11.6. The molecule has 3 N–H and O–H groups in total. The van der Waals surface area contributed by atoms with Crippen molar-refractivity contribution in [3.63, 3.8) is 0 Å². The minimum atomic E-state index is -0.105. The zero-order valence-electron chi connectivity index (χ0n) is 16.6. The molecule has 2 rings (SSSR count). The summed E-state index contributed by atoms with van der Waals surface area (Å²) in [4.78, 5) is 17.4. The van der Waals surface area contributed by atoms with Crippen LogP contribution in [0.5, 0.6) is 17.2 Å². The molecule has 0 atom stereocenters. The van der Waals surface area contributed by atoms with Gasteiger partial charge in [0.2, 0.25) is 0 Å². The van der Waals surface area contributed by atoms with Gasteiger partial charge in [-0.05, 0) is 29.8 Å². The summed E-state index contributed by atoms with van der Waals surface area (Å²) in [5.74, 6) is 1.99. The number of amides is 1. The zero-order valence-corrected chi connectivity index (χ0v) is 16.6. The third-order valence-corrected chi connectivity index (χ3v) is 3.85. The summed E-state index contributed by atoms with van der Waals surface area (Å²) in [7, 11) is 6.52. The quantitative estimate of drug-likeness (QED) is 0.533. The highest BCUT2D eigenvalue weighted by molar-refractivity contribution is 5.92. The third kappa shape index (κ3) is 6.08. The Bertz CT molecular complexity index is 837. The summed E-state index contributed by atoms with van der Waals surface area (Å²) < 4.78 is 16.0. The molecular weight excluding hydrogens is 360 g/mol. The van der Waals surface area contributed by atoms with Crippen LogP contribution in [0.2, 0.25) is 0 Å². The number of hydrogen-bond acceptors (Lipinski definition) is 5. The van der Waals surface area contributed by atoms with E-state index < -0.39 is 0 Å². The molecule has 28 heavy (non-hydrogen) atoms. The van der Waals surface area contributed by atoms with Crippen LogP contribution in [0.3, 0.4) is 0 Å². The van der Waals surface area contributed by atoms with Crippen molar-refractivity contribution in [1.29, 1.82) is 0 Å². The average Bonchev–Trinajstić information content (AvgIpc) is 2.70. The molecule has 0 aliphatic rings. The van der Waals surface area contributed by atoms with Gasteiger partial charge < -0.3 is 30.2 Å². The number of carbonyl (C=O) groups excluding carboxylic acids is 1. The molecule has 0 aromatic heterocycles. The zero-order chi connectivity index (χ0) is 20.5. The van der Waals surface area contributed by atoms with Gasteiger partial charge in [-0.3, -0.25) is 4.79 Å². The first-order valence-electron chi connectivity index (χ1n) is 8.63. The normalized spacial score (nSPS) is 10.9. The van der Waals surface area contributed by atoms with Gasteiger partial charge in [-0.25, -0.2) is 4.99 Å². The Morgan fingerprint density at radius 3 is 2.54 bits per heavy atom. The van der Waals surface area contributed by atoms with Crippen molar-refractivity contribution >= 4 is 17.6 Å². The van der Waals surface area contributed by atoms with E-state index in [-0.39, 0.29) is 18.5 Å². The lowest BCUT2D eigenvalue weighted by atomic mass is 10.2. The molecule has 0 aliphatic heterocycles. The summed E-state index contributed by atoms with van der Waals surface area (Å²) in [5.41, 5.74) is 7.61. The predicted molar refractivity (Wildman–Crippen MR) is 109 cm³/mol. The number of nitrogens with zero attached hydrogens (tertiary/aromatic N) is 2. The summed E-state index contributed by atoms with van der Waals surface area (Å²) in [6.45, 7) is 0.355. The Labute approximate surface area is 164 Å². The number of aliphatic imine (C=N–C) groups is 1. The van der Waals surface area contributed by atoms with Crippen molar-refractivity contribution in [3.05, 3.63) is 48.0 Å². The van der Waals surface area contributed by atoms with E-state index in [1.54, 1.807) is 46.5 Å². The molecule has 150 valence electrons. The van der Waals surface area contributed by atoms with Crippen LogP contribution in [0.4, 0.5) is 5.69 Å². The molecule has 0 fully saturated rings. The van der Waals surface area contributed by atoms with Crippen molar-refractivity contribution in [3.8, 4) is 17.2 Å². The molecule has 0 radical (unpaired) electrons. The third-order valence-electron chi connectivity index (χ3n) is 3.85. The van der Waals surface area contributed by atoms with E-state index in [0.29, 0.717) is 23.8 Å². The first kappa shape index (κ1) is 20.9. The predicted octanol–water partition coefficient (Wildman–Crippen LogP) is 2.10. The monoisotopic (exact) mass is 386 g/mol. The van der Waals surface area contributed by atoms with Gasteiger partial charge in [0, 0.05) is 25.8 Å². The van der Waals surface area contributed by atoms with Crippen LogP contribution in [-0.4, -0.2) is 51.7 Å². The number of hydrogen-bond donors (Lipinski definition) is 2. The summed E-state index contributed by atoms with van der Waals surface area (Å²) in [6, 6.07) is 12.8. The van der Waals surface area contributed by atoms with E-state index in [1.165, 1.54) is 4.90 Å². The lowest BCUT2D eigenvalue weighted by Gasteiger charge is -2.12. The number of rotatable bonds is 8. The van der Waals surface area contributed by atoms with Crippen molar-refractivity contribution in [2.45, 2.75) is 6.54 Å². The van der Waals surface area contributed by atoms with Crippen molar-refractivity contribution in [1.82, 2.24) is 4.90 Å². The minimum Gasteiger partial charge on any atom is -0.493 e. The number of guanidine groups is 1. The van der Waals surface area contributed by atoms with Gasteiger partial charge in [-0.15, -0.1) is 0 Å². The maximum atomic E-state index is 11.6. The first-order chi connectivity index (χ1) is 13.4. The van der Waals surface area contributed by atoms with Crippen LogP contribution in [0.1, 0.15) is 5.56 Å². The van der Waals surface area contributed by atoms with E-state index in [1.807, 2.05) is 24.3 Å². The molecular formula is C20H26N4O4. The highest BCUT2D eigenvalue weighted by Gasteiger charge is 2.06. The first-order valence-corrected chi connectivity index (χ1v) is 8.63. The van der Waals surface area contributed by atoms with Crippen molar-refractivity contribution < 1.29 is 19.0 Å². The Hall–Kier alpha value is -3.42. The van der Waals surface area contributed by atoms with E-state index in [0.717, 1.165) is 11.3 Å². The van der Waals surface area contributed by atoms with Gasteiger partial charge in [-0.1, -0.05) is 12.1 Å². The standard InChI is InChI=1S/C20H26N4O4/c1-24(2)19(25)13-28-16-7-5-6-14(10-16)12-22-20(21)23-15-8-9-17(26-3)18(11-15)27-4/h5-11H,12-13H2,1-4H3,(H3,21,22,23). The van der Waals surface area contributed by atoms with E-state index >= 15 is 0 Å². The van der Waals surface area contributed by atoms with E-state index in [2.05, 4.69) is 10.3 Å². The van der Waals surface area contributed by atoms with Gasteiger partial charge >= 0.3 is 0 Å². The Morgan fingerprint density at radius 1 is 1.11 bits per heavy atom. The fourth-order valence-electron chi connectivity index (χ4n) is 2.29. The molecule has 2 aromatic carbocycles. The molecule has 2 aromatic rings. The molecule has 1 amide bonds. The Kier molecular flexibility index (Phi) is 7.50. The average molecular weight is 386 g/mol. The number of anilines is 1. The van der Waals surface area contributed by atoms with Crippen LogP contribution >= 0.6 is 0 Å². The van der Waals surface area contributed by atoms with Gasteiger partial charge in [0.05, 0.1) is 20.8 Å². The smallest absolute Gasteiger partial charge is 0.259 e. The molecule has 0 saturated heterocycles. The number of carbonyl (C=O) groups is 1. The molecule has 0 saturated carbocycles. The lowest BCUT2D eigenvalue weighted by molar-refractivity contribution is -0.130. The van der Waals surface area contributed by atoms with Crippen molar-refractivity contribution in [2.24, 2.45) is 10.7 Å². The number of methoxy groups -OCH3 is 2.